The molecule has 4 rings (SSSR count). The molecule has 3 aromatic rings. The summed E-state index contributed by atoms with van der Waals surface area (Å²) < 4.78 is 8.85. The fourth-order valence-corrected chi connectivity index (χ4v) is 3.21. The Labute approximate surface area is 149 Å². The van der Waals surface area contributed by atoms with Crippen LogP contribution in [0.5, 0.6) is 0 Å². The van der Waals surface area contributed by atoms with Gasteiger partial charge in [0.2, 0.25) is 0 Å². The van der Waals surface area contributed by atoms with Crippen LogP contribution in [0.25, 0.3) is 0 Å². The van der Waals surface area contributed by atoms with E-state index in [1.165, 1.54) is 6.39 Å². The molecule has 4 heterocycles. The van der Waals surface area contributed by atoms with Crippen molar-refractivity contribution in [3.05, 3.63) is 53.5 Å². The van der Waals surface area contributed by atoms with Crippen LogP contribution in [0.15, 0.2) is 29.3 Å². The first-order valence-electron chi connectivity index (χ1n) is 8.52. The van der Waals surface area contributed by atoms with Crippen LogP contribution < -0.4 is 0 Å². The van der Waals surface area contributed by atoms with E-state index >= 15 is 0 Å². The van der Waals surface area contributed by atoms with E-state index in [1.54, 1.807) is 21.9 Å². The van der Waals surface area contributed by atoms with Gasteiger partial charge in [-0.3, -0.25) is 9.48 Å². The molecule has 0 unspecified atom stereocenters. The molecular weight excluding hydrogens is 336 g/mol. The third-order valence-electron chi connectivity index (χ3n) is 4.65. The first-order valence-corrected chi connectivity index (χ1v) is 8.52. The van der Waals surface area contributed by atoms with Crippen LogP contribution in [0.2, 0.25) is 0 Å². The quantitative estimate of drug-likeness (QED) is 0.745. The van der Waals surface area contributed by atoms with E-state index in [0.29, 0.717) is 49.0 Å². The molecule has 26 heavy (non-hydrogen) atoms. The zero-order valence-corrected chi connectivity index (χ0v) is 14.7. The number of aromatic nitrogens is 5. The van der Waals surface area contributed by atoms with Gasteiger partial charge in [0.15, 0.2) is 18.2 Å². The lowest BCUT2D eigenvalue weighted by molar-refractivity contribution is 0.0698. The zero-order valence-electron chi connectivity index (χ0n) is 14.7. The predicted molar refractivity (Wildman–Crippen MR) is 90.1 cm³/mol. The van der Waals surface area contributed by atoms with Gasteiger partial charge >= 0.3 is 0 Å². The Morgan fingerprint density at radius 2 is 2.23 bits per heavy atom. The summed E-state index contributed by atoms with van der Waals surface area (Å²) in [7, 11) is 1.82. The standard InChI is InChI=1S/C17H20N6O3/c1-3-13-14(19-10-26-13)17(25)22-6-7-23-11(9-22)8-12(20-23)15(24)16-18-4-5-21(16)2/h4-5,8,10,15,24H,3,6-7,9H2,1-2H3/t15-/m1/s1. The molecule has 3 aromatic heterocycles. The van der Waals surface area contributed by atoms with E-state index in [4.69, 9.17) is 4.42 Å². The van der Waals surface area contributed by atoms with Gasteiger partial charge in [0.05, 0.1) is 24.5 Å². The van der Waals surface area contributed by atoms with Crippen molar-refractivity contribution in [2.75, 3.05) is 6.54 Å². The lowest BCUT2D eigenvalue weighted by atomic mass is 10.2. The van der Waals surface area contributed by atoms with Crippen molar-refractivity contribution in [1.29, 1.82) is 0 Å². The summed E-state index contributed by atoms with van der Waals surface area (Å²) in [6, 6.07) is 1.82. The summed E-state index contributed by atoms with van der Waals surface area (Å²) in [6.45, 7) is 3.43. The minimum absolute atomic E-state index is 0.144. The minimum atomic E-state index is -0.903. The molecule has 0 saturated heterocycles. The van der Waals surface area contributed by atoms with E-state index in [9.17, 15) is 9.90 Å². The third kappa shape index (κ3) is 2.70. The first-order chi connectivity index (χ1) is 12.6. The topological polar surface area (TPSA) is 102 Å². The Bertz CT molecular complexity index is 940. The number of imidazole rings is 1. The highest BCUT2D eigenvalue weighted by Crippen LogP contribution is 2.23. The van der Waals surface area contributed by atoms with E-state index in [0.717, 1.165) is 5.69 Å². The smallest absolute Gasteiger partial charge is 0.276 e. The van der Waals surface area contributed by atoms with Crippen molar-refractivity contribution >= 4 is 5.91 Å². The summed E-state index contributed by atoms with van der Waals surface area (Å²) in [5.74, 6) is 0.984. The van der Waals surface area contributed by atoms with Gasteiger partial charge in [-0.25, -0.2) is 9.97 Å². The fraction of sp³-hybridized carbons (Fsp3) is 0.412. The molecule has 1 N–H and O–H groups in total. The molecule has 1 atom stereocenters. The Morgan fingerprint density at radius 3 is 2.96 bits per heavy atom. The molecule has 0 aromatic carbocycles. The van der Waals surface area contributed by atoms with Crippen molar-refractivity contribution in [3.63, 3.8) is 0 Å². The maximum absolute atomic E-state index is 12.7. The molecular formula is C17H20N6O3. The average Bonchev–Trinajstić information content (AvgIpc) is 3.38. The summed E-state index contributed by atoms with van der Waals surface area (Å²) in [4.78, 5) is 22.7. The first kappa shape index (κ1) is 16.5. The molecule has 0 spiro atoms. The van der Waals surface area contributed by atoms with Gasteiger partial charge in [-0.2, -0.15) is 5.10 Å². The summed E-state index contributed by atoms with van der Waals surface area (Å²) in [5, 5.41) is 15.0. The number of hydrogen-bond acceptors (Lipinski definition) is 6. The van der Waals surface area contributed by atoms with Gasteiger partial charge in [0.1, 0.15) is 11.6 Å². The summed E-state index contributed by atoms with van der Waals surface area (Å²) >= 11 is 0. The Hall–Kier alpha value is -2.94. The molecule has 0 saturated carbocycles. The second-order valence-electron chi connectivity index (χ2n) is 6.29. The van der Waals surface area contributed by atoms with Crippen LogP contribution in [-0.4, -0.2) is 46.8 Å². The average molecular weight is 356 g/mol. The normalized spacial score (nSPS) is 15.1. The van der Waals surface area contributed by atoms with Crippen molar-refractivity contribution in [2.24, 2.45) is 7.05 Å². The highest BCUT2D eigenvalue weighted by Gasteiger charge is 2.28. The molecule has 136 valence electrons. The third-order valence-corrected chi connectivity index (χ3v) is 4.65. The second-order valence-corrected chi connectivity index (χ2v) is 6.29. The predicted octanol–water partition coefficient (Wildman–Crippen LogP) is 0.905. The number of nitrogens with zero attached hydrogens (tertiary/aromatic N) is 6. The van der Waals surface area contributed by atoms with Gasteiger partial charge in [-0.15, -0.1) is 0 Å². The molecule has 0 aliphatic carbocycles. The van der Waals surface area contributed by atoms with Crippen molar-refractivity contribution in [1.82, 2.24) is 29.2 Å². The largest absolute Gasteiger partial charge is 0.448 e. The number of aryl methyl sites for hydroxylation is 2. The number of carbonyl (C=O) groups excluding carboxylic acids is 1. The van der Waals surface area contributed by atoms with Gasteiger partial charge in [0, 0.05) is 32.4 Å². The van der Waals surface area contributed by atoms with Crippen molar-refractivity contribution in [2.45, 2.75) is 32.5 Å². The lowest BCUT2D eigenvalue weighted by Gasteiger charge is -2.27. The van der Waals surface area contributed by atoms with Crippen LogP contribution in [-0.2, 0) is 26.6 Å². The van der Waals surface area contributed by atoms with Gasteiger partial charge in [-0.05, 0) is 6.07 Å². The van der Waals surface area contributed by atoms with Crippen LogP contribution in [0.1, 0.15) is 46.5 Å². The number of hydrogen-bond donors (Lipinski definition) is 1. The summed E-state index contributed by atoms with van der Waals surface area (Å²) in [5.41, 5.74) is 1.77. The zero-order chi connectivity index (χ0) is 18.3. The van der Waals surface area contributed by atoms with Gasteiger partial charge in [0.25, 0.3) is 5.91 Å². The number of aliphatic hydroxyl groups is 1. The maximum Gasteiger partial charge on any atom is 0.276 e. The van der Waals surface area contributed by atoms with Crippen LogP contribution in [0, 0.1) is 0 Å². The van der Waals surface area contributed by atoms with E-state index in [1.807, 2.05) is 24.7 Å². The molecule has 9 heteroatoms. The molecule has 1 amide bonds. The number of carbonyl (C=O) groups is 1. The van der Waals surface area contributed by atoms with Gasteiger partial charge in [-0.1, -0.05) is 6.92 Å². The summed E-state index contributed by atoms with van der Waals surface area (Å²) in [6.07, 6.45) is 4.43. The Morgan fingerprint density at radius 1 is 1.38 bits per heavy atom. The molecule has 9 nitrogen and oxygen atoms in total. The highest BCUT2D eigenvalue weighted by molar-refractivity contribution is 5.93. The maximum atomic E-state index is 12.7. The molecule has 1 aliphatic rings. The number of aliphatic hydroxyl groups excluding tert-OH is 1. The highest BCUT2D eigenvalue weighted by atomic mass is 16.3. The van der Waals surface area contributed by atoms with Gasteiger partial charge < -0.3 is 19.0 Å². The van der Waals surface area contributed by atoms with E-state index < -0.39 is 6.10 Å². The molecule has 0 fully saturated rings. The second kappa shape index (κ2) is 6.41. The fourth-order valence-electron chi connectivity index (χ4n) is 3.21. The molecule has 0 radical (unpaired) electrons. The monoisotopic (exact) mass is 356 g/mol. The number of amides is 1. The van der Waals surface area contributed by atoms with E-state index in [-0.39, 0.29) is 5.91 Å². The van der Waals surface area contributed by atoms with Crippen molar-refractivity contribution < 1.29 is 14.3 Å². The van der Waals surface area contributed by atoms with E-state index in [2.05, 4.69) is 15.1 Å². The number of fused-ring (bicyclic) bond motifs is 1. The SMILES string of the molecule is CCc1ocnc1C(=O)N1CCn2nc([C@@H](O)c3nccn3C)cc2C1. The molecule has 1 aliphatic heterocycles. The van der Waals surface area contributed by atoms with Crippen LogP contribution >= 0.6 is 0 Å². The Balaban J connectivity index is 1.55. The minimum Gasteiger partial charge on any atom is -0.448 e. The number of rotatable bonds is 4. The van der Waals surface area contributed by atoms with Crippen molar-refractivity contribution in [3.8, 4) is 0 Å². The lowest BCUT2D eigenvalue weighted by Crippen LogP contribution is -2.38. The number of oxazole rings is 1. The molecule has 0 bridgehead atoms. The Kier molecular flexibility index (Phi) is 4.08. The van der Waals surface area contributed by atoms with Crippen LogP contribution in [0.4, 0.5) is 0 Å². The van der Waals surface area contributed by atoms with Crippen LogP contribution in [0.3, 0.4) is 0 Å².